The maximum absolute atomic E-state index is 9.37. The van der Waals surface area contributed by atoms with Gasteiger partial charge in [0, 0.05) is 18.7 Å². The molecule has 0 amide bonds. The number of nitrogens with zero attached hydrogens (tertiary/aromatic N) is 4. The monoisotopic (exact) mass is 238 g/mol. The highest BCUT2D eigenvalue weighted by molar-refractivity contribution is 5.44. The molecule has 0 fully saturated rings. The first kappa shape index (κ1) is 11.0. The molecule has 0 aliphatic carbocycles. The van der Waals surface area contributed by atoms with E-state index < -0.39 is 0 Å². The predicted octanol–water partition coefficient (Wildman–Crippen LogP) is 1.73. The van der Waals surface area contributed by atoms with Crippen molar-refractivity contribution in [2.24, 2.45) is 0 Å². The SMILES string of the molecule is CN1CCc2c(nn(-c3ccccc3)c2C#N)C1. The van der Waals surface area contributed by atoms with Crippen molar-refractivity contribution in [3.05, 3.63) is 47.3 Å². The molecule has 2 heterocycles. The minimum atomic E-state index is 0.685. The van der Waals surface area contributed by atoms with Gasteiger partial charge in [-0.3, -0.25) is 0 Å². The number of fused-ring (bicyclic) bond motifs is 1. The van der Waals surface area contributed by atoms with Crippen LogP contribution in [0.25, 0.3) is 5.69 Å². The van der Waals surface area contributed by atoms with Gasteiger partial charge >= 0.3 is 0 Å². The van der Waals surface area contributed by atoms with Crippen LogP contribution >= 0.6 is 0 Å². The molecular formula is C14H14N4. The van der Waals surface area contributed by atoms with Crippen LogP contribution in [0.3, 0.4) is 0 Å². The highest BCUT2D eigenvalue weighted by Gasteiger charge is 2.23. The van der Waals surface area contributed by atoms with Crippen molar-refractivity contribution in [1.82, 2.24) is 14.7 Å². The van der Waals surface area contributed by atoms with Gasteiger partial charge in [-0.15, -0.1) is 0 Å². The van der Waals surface area contributed by atoms with Gasteiger partial charge in [0.1, 0.15) is 11.8 Å². The fourth-order valence-electron chi connectivity index (χ4n) is 2.39. The topological polar surface area (TPSA) is 44.9 Å². The third-order valence-electron chi connectivity index (χ3n) is 3.34. The third kappa shape index (κ3) is 1.69. The van der Waals surface area contributed by atoms with Crippen LogP contribution < -0.4 is 0 Å². The standard InChI is InChI=1S/C14H14N4/c1-17-8-7-12-13(10-17)16-18(14(12)9-15)11-5-3-2-4-6-11/h2-6H,7-8,10H2,1H3. The summed E-state index contributed by atoms with van der Waals surface area (Å²) < 4.78 is 1.77. The number of hydrogen-bond donors (Lipinski definition) is 0. The smallest absolute Gasteiger partial charge is 0.147 e. The molecule has 1 aliphatic heterocycles. The van der Waals surface area contributed by atoms with Crippen LogP contribution in [0.2, 0.25) is 0 Å². The molecule has 0 saturated carbocycles. The van der Waals surface area contributed by atoms with Gasteiger partial charge in [-0.05, 0) is 25.6 Å². The second-order valence-corrected chi connectivity index (χ2v) is 4.62. The first-order valence-electron chi connectivity index (χ1n) is 6.04. The van der Waals surface area contributed by atoms with E-state index in [-0.39, 0.29) is 0 Å². The van der Waals surface area contributed by atoms with Crippen LogP contribution in [0.5, 0.6) is 0 Å². The van der Waals surface area contributed by atoms with Crippen molar-refractivity contribution in [3.63, 3.8) is 0 Å². The number of rotatable bonds is 1. The molecule has 0 atom stereocenters. The van der Waals surface area contributed by atoms with E-state index in [9.17, 15) is 5.26 Å². The lowest BCUT2D eigenvalue weighted by atomic mass is 10.1. The van der Waals surface area contributed by atoms with Crippen LogP contribution in [0, 0.1) is 11.3 Å². The summed E-state index contributed by atoms with van der Waals surface area (Å²) in [6.07, 6.45) is 0.904. The highest BCUT2D eigenvalue weighted by atomic mass is 15.3. The minimum Gasteiger partial charge on any atom is -0.300 e. The van der Waals surface area contributed by atoms with E-state index in [0.717, 1.165) is 36.5 Å². The summed E-state index contributed by atoms with van der Waals surface area (Å²) in [4.78, 5) is 2.23. The Labute approximate surface area is 106 Å². The summed E-state index contributed by atoms with van der Waals surface area (Å²) in [6, 6.07) is 12.1. The van der Waals surface area contributed by atoms with Crippen LogP contribution in [-0.2, 0) is 13.0 Å². The second kappa shape index (κ2) is 4.28. The Hall–Kier alpha value is -2.12. The van der Waals surface area contributed by atoms with E-state index in [1.807, 2.05) is 30.3 Å². The fourth-order valence-corrected chi connectivity index (χ4v) is 2.39. The lowest BCUT2D eigenvalue weighted by molar-refractivity contribution is 0.308. The van der Waals surface area contributed by atoms with Gasteiger partial charge in [-0.2, -0.15) is 10.4 Å². The van der Waals surface area contributed by atoms with Crippen molar-refractivity contribution in [1.29, 1.82) is 5.26 Å². The summed E-state index contributed by atoms with van der Waals surface area (Å²) in [5, 5.41) is 14.0. The normalized spacial score (nSPS) is 15.1. The molecule has 0 saturated heterocycles. The van der Waals surface area contributed by atoms with Gasteiger partial charge in [0.15, 0.2) is 0 Å². The summed E-state index contributed by atoms with van der Waals surface area (Å²) in [5.41, 5.74) is 3.78. The molecule has 1 aliphatic rings. The first-order valence-corrected chi connectivity index (χ1v) is 6.04. The van der Waals surface area contributed by atoms with Crippen LogP contribution in [0.1, 0.15) is 17.0 Å². The van der Waals surface area contributed by atoms with Crippen molar-refractivity contribution in [2.75, 3.05) is 13.6 Å². The molecule has 0 unspecified atom stereocenters. The van der Waals surface area contributed by atoms with Crippen molar-refractivity contribution >= 4 is 0 Å². The van der Waals surface area contributed by atoms with Gasteiger partial charge in [-0.25, -0.2) is 4.68 Å². The Bertz CT molecular complexity index is 607. The minimum absolute atomic E-state index is 0.685. The van der Waals surface area contributed by atoms with Crippen LogP contribution in [-0.4, -0.2) is 28.3 Å². The fraction of sp³-hybridized carbons (Fsp3) is 0.286. The molecule has 0 bridgehead atoms. The van der Waals surface area contributed by atoms with Crippen molar-refractivity contribution < 1.29 is 0 Å². The number of likely N-dealkylation sites (N-methyl/N-ethyl adjacent to an activating group) is 1. The molecule has 3 rings (SSSR count). The number of hydrogen-bond acceptors (Lipinski definition) is 3. The van der Waals surface area contributed by atoms with Crippen LogP contribution in [0.4, 0.5) is 0 Å². The zero-order valence-electron chi connectivity index (χ0n) is 10.3. The van der Waals surface area contributed by atoms with Gasteiger partial charge in [0.2, 0.25) is 0 Å². The Kier molecular flexibility index (Phi) is 2.62. The molecule has 2 aromatic rings. The van der Waals surface area contributed by atoms with Gasteiger partial charge in [0.25, 0.3) is 0 Å². The molecular weight excluding hydrogens is 224 g/mol. The average molecular weight is 238 g/mol. The summed E-state index contributed by atoms with van der Waals surface area (Å²) in [5.74, 6) is 0. The lowest BCUT2D eigenvalue weighted by Gasteiger charge is -2.20. The molecule has 90 valence electrons. The zero-order valence-corrected chi connectivity index (χ0v) is 10.3. The summed E-state index contributed by atoms with van der Waals surface area (Å²) >= 11 is 0. The molecule has 18 heavy (non-hydrogen) atoms. The number of aromatic nitrogens is 2. The molecule has 0 N–H and O–H groups in total. The Morgan fingerprint density at radius 1 is 1.28 bits per heavy atom. The molecule has 1 aromatic heterocycles. The molecule has 1 aromatic carbocycles. The van der Waals surface area contributed by atoms with E-state index in [1.54, 1.807) is 4.68 Å². The number of para-hydroxylation sites is 1. The van der Waals surface area contributed by atoms with E-state index >= 15 is 0 Å². The van der Waals surface area contributed by atoms with E-state index in [4.69, 9.17) is 0 Å². The van der Waals surface area contributed by atoms with Crippen LogP contribution in [0.15, 0.2) is 30.3 Å². The van der Waals surface area contributed by atoms with E-state index in [1.165, 1.54) is 0 Å². The van der Waals surface area contributed by atoms with Crippen molar-refractivity contribution in [2.45, 2.75) is 13.0 Å². The predicted molar refractivity (Wildman–Crippen MR) is 68.3 cm³/mol. The van der Waals surface area contributed by atoms with Gasteiger partial charge in [0.05, 0.1) is 11.4 Å². The summed E-state index contributed by atoms with van der Waals surface area (Å²) in [7, 11) is 2.08. The maximum atomic E-state index is 9.37. The number of nitriles is 1. The maximum Gasteiger partial charge on any atom is 0.147 e. The summed E-state index contributed by atoms with van der Waals surface area (Å²) in [6.45, 7) is 1.81. The van der Waals surface area contributed by atoms with Crippen molar-refractivity contribution in [3.8, 4) is 11.8 Å². The Morgan fingerprint density at radius 3 is 2.78 bits per heavy atom. The van der Waals surface area contributed by atoms with Gasteiger partial charge < -0.3 is 4.90 Å². The van der Waals surface area contributed by atoms with Gasteiger partial charge in [-0.1, -0.05) is 18.2 Å². The average Bonchev–Trinajstić information content (AvgIpc) is 2.77. The third-order valence-corrected chi connectivity index (χ3v) is 3.34. The quantitative estimate of drug-likeness (QED) is 0.760. The molecule has 0 spiro atoms. The Morgan fingerprint density at radius 2 is 2.06 bits per heavy atom. The molecule has 4 nitrogen and oxygen atoms in total. The van der Waals surface area contributed by atoms with E-state index in [2.05, 4.69) is 23.1 Å². The highest BCUT2D eigenvalue weighted by Crippen LogP contribution is 2.23. The molecule has 4 heteroatoms. The molecule has 0 radical (unpaired) electrons. The lowest BCUT2D eigenvalue weighted by Crippen LogP contribution is -2.26. The Balaban J connectivity index is 2.15. The first-order chi connectivity index (χ1) is 8.79. The van der Waals surface area contributed by atoms with E-state index in [0.29, 0.717) is 5.69 Å². The zero-order chi connectivity index (χ0) is 12.5. The second-order valence-electron chi connectivity index (χ2n) is 4.62. The number of benzene rings is 1. The largest absolute Gasteiger partial charge is 0.300 e.